The van der Waals surface area contributed by atoms with E-state index in [1.54, 1.807) is 6.07 Å². The molecule has 0 aromatic carbocycles. The molecule has 3 N–H and O–H groups in total. The van der Waals surface area contributed by atoms with Gasteiger partial charge in [0.2, 0.25) is 0 Å². The van der Waals surface area contributed by atoms with E-state index in [9.17, 15) is 4.79 Å². The first-order valence-corrected chi connectivity index (χ1v) is 4.86. The minimum Gasteiger partial charge on any atom is -0.364 e. The molecule has 2 heterocycles. The smallest absolute Gasteiger partial charge is 0.254 e. The first kappa shape index (κ1) is 10.1. The zero-order valence-electron chi connectivity index (χ0n) is 8.18. The number of nitrogens with zero attached hydrogens (tertiary/aromatic N) is 1. The van der Waals surface area contributed by atoms with Crippen LogP contribution in [0.4, 0.5) is 5.82 Å². The van der Waals surface area contributed by atoms with Crippen LogP contribution < -0.4 is 11.1 Å². The maximum atomic E-state index is 11.6. The van der Waals surface area contributed by atoms with Gasteiger partial charge in [-0.2, -0.15) is 0 Å². The minimum atomic E-state index is -0.421. The lowest BCUT2D eigenvalue weighted by Crippen LogP contribution is -2.29. The van der Waals surface area contributed by atoms with Crippen molar-refractivity contribution in [1.29, 1.82) is 0 Å². The van der Waals surface area contributed by atoms with Crippen molar-refractivity contribution in [3.05, 3.63) is 12.3 Å². The molecule has 2 unspecified atom stereocenters. The highest BCUT2D eigenvalue weighted by Crippen LogP contribution is 2.19. The molecule has 0 saturated carbocycles. The lowest BCUT2D eigenvalue weighted by Gasteiger charge is -2.10. The Hall–Kier alpha value is -1.40. The summed E-state index contributed by atoms with van der Waals surface area (Å²) in [5.74, 6) is 0.208. The fourth-order valence-corrected chi connectivity index (χ4v) is 1.56. The van der Waals surface area contributed by atoms with E-state index in [0.717, 1.165) is 6.42 Å². The van der Waals surface area contributed by atoms with Crippen molar-refractivity contribution in [3.63, 3.8) is 0 Å². The van der Waals surface area contributed by atoms with Crippen LogP contribution in [-0.4, -0.2) is 29.8 Å². The SMILES string of the molecule is NCC1CCC(C(=O)Nc2ccon2)O1. The van der Waals surface area contributed by atoms with Crippen molar-refractivity contribution in [2.24, 2.45) is 5.73 Å². The van der Waals surface area contributed by atoms with Crippen LogP contribution in [0, 0.1) is 0 Å². The zero-order valence-corrected chi connectivity index (χ0v) is 8.18. The average Bonchev–Trinajstić information content (AvgIpc) is 2.86. The maximum Gasteiger partial charge on any atom is 0.254 e. The molecule has 1 saturated heterocycles. The first-order chi connectivity index (χ1) is 7.29. The van der Waals surface area contributed by atoms with Crippen molar-refractivity contribution in [1.82, 2.24) is 5.16 Å². The molecule has 1 aromatic rings. The van der Waals surface area contributed by atoms with Crippen molar-refractivity contribution in [2.75, 3.05) is 11.9 Å². The Bertz CT molecular complexity index is 325. The van der Waals surface area contributed by atoms with E-state index in [2.05, 4.69) is 15.0 Å². The molecule has 0 aliphatic carbocycles. The molecule has 2 rings (SSSR count). The average molecular weight is 211 g/mol. The number of hydrogen-bond donors (Lipinski definition) is 2. The molecule has 1 aromatic heterocycles. The molecule has 6 nitrogen and oxygen atoms in total. The van der Waals surface area contributed by atoms with E-state index in [4.69, 9.17) is 10.5 Å². The molecule has 1 aliphatic heterocycles. The van der Waals surface area contributed by atoms with E-state index in [1.165, 1.54) is 6.26 Å². The molecule has 2 atom stereocenters. The molecule has 1 aliphatic rings. The summed E-state index contributed by atoms with van der Waals surface area (Å²) < 4.78 is 10.0. The molecule has 1 fully saturated rings. The summed E-state index contributed by atoms with van der Waals surface area (Å²) in [4.78, 5) is 11.6. The summed E-state index contributed by atoms with van der Waals surface area (Å²) >= 11 is 0. The van der Waals surface area contributed by atoms with E-state index >= 15 is 0 Å². The van der Waals surface area contributed by atoms with Crippen LogP contribution in [0.2, 0.25) is 0 Å². The highest BCUT2D eigenvalue weighted by atomic mass is 16.5. The van der Waals surface area contributed by atoms with Gasteiger partial charge in [-0.05, 0) is 12.8 Å². The monoisotopic (exact) mass is 211 g/mol. The summed E-state index contributed by atoms with van der Waals surface area (Å²) in [6.45, 7) is 0.452. The van der Waals surface area contributed by atoms with E-state index in [0.29, 0.717) is 18.8 Å². The van der Waals surface area contributed by atoms with Gasteiger partial charge in [0.25, 0.3) is 5.91 Å². The first-order valence-electron chi connectivity index (χ1n) is 4.86. The van der Waals surface area contributed by atoms with Gasteiger partial charge in [-0.3, -0.25) is 4.79 Å². The van der Waals surface area contributed by atoms with Crippen LogP contribution in [0.1, 0.15) is 12.8 Å². The van der Waals surface area contributed by atoms with Gasteiger partial charge < -0.3 is 20.3 Å². The van der Waals surface area contributed by atoms with Crippen LogP contribution >= 0.6 is 0 Å². The number of aromatic nitrogens is 1. The second kappa shape index (κ2) is 4.41. The third-order valence-corrected chi connectivity index (χ3v) is 2.35. The van der Waals surface area contributed by atoms with E-state index in [-0.39, 0.29) is 12.0 Å². The van der Waals surface area contributed by atoms with Crippen molar-refractivity contribution < 1.29 is 14.1 Å². The molecule has 0 spiro atoms. The predicted octanol–water partition coefficient (Wildman–Crippen LogP) is 0.119. The minimum absolute atomic E-state index is 0.00180. The highest BCUT2D eigenvalue weighted by Gasteiger charge is 2.30. The van der Waals surface area contributed by atoms with Gasteiger partial charge in [0, 0.05) is 12.6 Å². The van der Waals surface area contributed by atoms with Gasteiger partial charge >= 0.3 is 0 Å². The fraction of sp³-hybridized carbons (Fsp3) is 0.556. The Morgan fingerprint density at radius 1 is 1.67 bits per heavy atom. The largest absolute Gasteiger partial charge is 0.364 e. The van der Waals surface area contributed by atoms with E-state index < -0.39 is 6.10 Å². The third kappa shape index (κ3) is 2.34. The number of anilines is 1. The van der Waals surface area contributed by atoms with Gasteiger partial charge in [-0.1, -0.05) is 5.16 Å². The number of ether oxygens (including phenoxy) is 1. The highest BCUT2D eigenvalue weighted by molar-refractivity contribution is 5.93. The number of nitrogens with one attached hydrogen (secondary N) is 1. The van der Waals surface area contributed by atoms with Crippen molar-refractivity contribution in [3.8, 4) is 0 Å². The molecular weight excluding hydrogens is 198 g/mol. The number of rotatable bonds is 3. The Morgan fingerprint density at radius 3 is 3.13 bits per heavy atom. The Kier molecular flexibility index (Phi) is 2.98. The maximum absolute atomic E-state index is 11.6. The fourth-order valence-electron chi connectivity index (χ4n) is 1.56. The molecule has 0 radical (unpaired) electrons. The predicted molar refractivity (Wildman–Crippen MR) is 52.1 cm³/mol. The number of nitrogens with two attached hydrogens (primary N) is 1. The van der Waals surface area contributed by atoms with Gasteiger partial charge in [-0.25, -0.2) is 0 Å². The van der Waals surface area contributed by atoms with Crippen LogP contribution in [0.25, 0.3) is 0 Å². The van der Waals surface area contributed by atoms with Gasteiger partial charge in [0.05, 0.1) is 6.10 Å². The summed E-state index contributed by atoms with van der Waals surface area (Å²) in [7, 11) is 0. The van der Waals surface area contributed by atoms with E-state index in [1.807, 2.05) is 0 Å². The summed E-state index contributed by atoms with van der Waals surface area (Å²) in [6, 6.07) is 1.58. The Balaban J connectivity index is 1.87. The second-order valence-electron chi connectivity index (χ2n) is 3.43. The zero-order chi connectivity index (χ0) is 10.7. The molecule has 82 valence electrons. The standard InChI is InChI=1S/C9H13N3O3/c10-5-6-1-2-7(15-6)9(13)11-8-3-4-14-12-8/h3-4,6-7H,1-2,5,10H2,(H,11,12,13). The van der Waals surface area contributed by atoms with Crippen LogP contribution in [0.15, 0.2) is 16.9 Å². The Morgan fingerprint density at radius 2 is 2.53 bits per heavy atom. The topological polar surface area (TPSA) is 90.4 Å². The summed E-state index contributed by atoms with van der Waals surface area (Å²) in [5.41, 5.74) is 5.45. The Labute approximate surface area is 86.7 Å². The lowest BCUT2D eigenvalue weighted by atomic mass is 10.2. The summed E-state index contributed by atoms with van der Waals surface area (Å²) in [6.07, 6.45) is 2.50. The molecular formula is C9H13N3O3. The van der Waals surface area contributed by atoms with Gasteiger partial charge in [0.1, 0.15) is 12.4 Å². The van der Waals surface area contributed by atoms with Gasteiger partial charge in [0.15, 0.2) is 5.82 Å². The normalized spacial score (nSPS) is 25.4. The third-order valence-electron chi connectivity index (χ3n) is 2.35. The molecule has 6 heteroatoms. The second-order valence-corrected chi connectivity index (χ2v) is 3.43. The number of carbonyl (C=O) groups is 1. The molecule has 15 heavy (non-hydrogen) atoms. The van der Waals surface area contributed by atoms with Crippen LogP contribution in [0.3, 0.4) is 0 Å². The number of hydrogen-bond acceptors (Lipinski definition) is 5. The van der Waals surface area contributed by atoms with Crippen LogP contribution in [0.5, 0.6) is 0 Å². The quantitative estimate of drug-likeness (QED) is 0.741. The summed E-state index contributed by atoms with van der Waals surface area (Å²) in [5, 5.41) is 6.18. The van der Waals surface area contributed by atoms with Crippen molar-refractivity contribution >= 4 is 11.7 Å². The number of carbonyl (C=O) groups excluding carboxylic acids is 1. The van der Waals surface area contributed by atoms with Crippen molar-refractivity contribution in [2.45, 2.75) is 25.0 Å². The molecule has 1 amide bonds. The molecule has 0 bridgehead atoms. The van der Waals surface area contributed by atoms with Crippen LogP contribution in [-0.2, 0) is 9.53 Å². The number of amides is 1. The van der Waals surface area contributed by atoms with Gasteiger partial charge in [-0.15, -0.1) is 0 Å². The lowest BCUT2D eigenvalue weighted by molar-refractivity contribution is -0.126.